The molecule has 0 aliphatic carbocycles. The van der Waals surface area contributed by atoms with Crippen molar-refractivity contribution in [3.8, 4) is 0 Å². The molecule has 0 spiro atoms. The zero-order chi connectivity index (χ0) is 17.3. The van der Waals surface area contributed by atoms with Gasteiger partial charge in [0.2, 0.25) is 0 Å². The topological polar surface area (TPSA) is 38.7 Å². The van der Waals surface area contributed by atoms with Gasteiger partial charge in [0.15, 0.2) is 0 Å². The summed E-state index contributed by atoms with van der Waals surface area (Å²) < 4.78 is 0. The first kappa shape index (κ1) is 17.4. The highest BCUT2D eigenvalue weighted by molar-refractivity contribution is 6.02. The Morgan fingerprint density at radius 3 is 2.04 bits per heavy atom. The SMILES string of the molecule is Cl.c1ccc2nc(CCc3ccc4ccc5cccnc5c4n3)ccc2c1. The molecule has 0 N–H and O–H groups in total. The molecule has 5 aromatic rings. The van der Waals surface area contributed by atoms with E-state index in [9.17, 15) is 0 Å². The normalized spacial score (nSPS) is 11.0. The maximum absolute atomic E-state index is 4.89. The van der Waals surface area contributed by atoms with Crippen molar-refractivity contribution in [3.63, 3.8) is 0 Å². The molecule has 3 heterocycles. The monoisotopic (exact) mass is 371 g/mol. The molecule has 0 bridgehead atoms. The van der Waals surface area contributed by atoms with E-state index in [4.69, 9.17) is 9.97 Å². The predicted molar refractivity (Wildman–Crippen MR) is 113 cm³/mol. The summed E-state index contributed by atoms with van der Waals surface area (Å²) in [6, 6.07) is 25.0. The number of halogens is 1. The van der Waals surface area contributed by atoms with E-state index in [-0.39, 0.29) is 12.4 Å². The second kappa shape index (κ2) is 7.29. The van der Waals surface area contributed by atoms with Crippen LogP contribution in [0, 0.1) is 0 Å². The number of hydrogen-bond acceptors (Lipinski definition) is 3. The third-order valence-corrected chi connectivity index (χ3v) is 4.78. The van der Waals surface area contributed by atoms with Crippen LogP contribution in [0.5, 0.6) is 0 Å². The maximum atomic E-state index is 4.89. The van der Waals surface area contributed by atoms with Crippen molar-refractivity contribution in [2.75, 3.05) is 0 Å². The number of aromatic nitrogens is 3. The van der Waals surface area contributed by atoms with Crippen LogP contribution in [-0.2, 0) is 12.8 Å². The highest BCUT2D eigenvalue weighted by Gasteiger charge is 2.05. The van der Waals surface area contributed by atoms with E-state index in [2.05, 4.69) is 59.6 Å². The van der Waals surface area contributed by atoms with Crippen LogP contribution in [-0.4, -0.2) is 15.0 Å². The van der Waals surface area contributed by atoms with E-state index >= 15 is 0 Å². The predicted octanol–water partition coefficient (Wildman–Crippen LogP) is 5.54. The lowest BCUT2D eigenvalue weighted by atomic mass is 10.1. The van der Waals surface area contributed by atoms with Crippen LogP contribution in [0.25, 0.3) is 32.7 Å². The minimum atomic E-state index is 0. The van der Waals surface area contributed by atoms with Crippen LogP contribution < -0.4 is 0 Å². The number of nitrogens with zero attached hydrogens (tertiary/aromatic N) is 3. The van der Waals surface area contributed by atoms with E-state index in [0.29, 0.717) is 0 Å². The Morgan fingerprint density at radius 2 is 1.19 bits per heavy atom. The van der Waals surface area contributed by atoms with Gasteiger partial charge < -0.3 is 0 Å². The second-order valence-corrected chi connectivity index (χ2v) is 6.51. The molecule has 0 fully saturated rings. The Balaban J connectivity index is 0.00000180. The third-order valence-electron chi connectivity index (χ3n) is 4.78. The molecule has 0 radical (unpaired) electrons. The van der Waals surface area contributed by atoms with Gasteiger partial charge in [-0.25, -0.2) is 0 Å². The Kier molecular flexibility index (Phi) is 4.69. The van der Waals surface area contributed by atoms with Crippen molar-refractivity contribution in [1.82, 2.24) is 15.0 Å². The number of pyridine rings is 3. The Labute approximate surface area is 163 Å². The van der Waals surface area contributed by atoms with Crippen LogP contribution in [0.1, 0.15) is 11.4 Å². The molecular weight excluding hydrogens is 354 g/mol. The molecule has 4 heteroatoms. The van der Waals surface area contributed by atoms with Crippen molar-refractivity contribution < 1.29 is 0 Å². The minimum Gasteiger partial charge on any atom is -0.254 e. The largest absolute Gasteiger partial charge is 0.254 e. The molecule has 0 unspecified atom stereocenters. The first-order chi connectivity index (χ1) is 12.9. The van der Waals surface area contributed by atoms with Gasteiger partial charge >= 0.3 is 0 Å². The number of fused-ring (bicyclic) bond motifs is 4. The molecule has 0 atom stereocenters. The number of aryl methyl sites for hydroxylation is 2. The van der Waals surface area contributed by atoms with Gasteiger partial charge in [-0.2, -0.15) is 0 Å². The van der Waals surface area contributed by atoms with Crippen molar-refractivity contribution >= 4 is 45.1 Å². The molecule has 0 aliphatic heterocycles. The zero-order valence-corrected chi connectivity index (χ0v) is 15.5. The molecule has 2 aromatic carbocycles. The average Bonchev–Trinajstić information content (AvgIpc) is 2.72. The van der Waals surface area contributed by atoms with Crippen molar-refractivity contribution in [2.24, 2.45) is 0 Å². The molecule has 3 aromatic heterocycles. The lowest BCUT2D eigenvalue weighted by Gasteiger charge is -2.06. The molecule has 27 heavy (non-hydrogen) atoms. The second-order valence-electron chi connectivity index (χ2n) is 6.51. The lowest BCUT2D eigenvalue weighted by Crippen LogP contribution is -1.98. The van der Waals surface area contributed by atoms with Crippen LogP contribution in [0.3, 0.4) is 0 Å². The number of para-hydroxylation sites is 1. The fraction of sp³-hybridized carbons (Fsp3) is 0.0870. The van der Waals surface area contributed by atoms with Gasteiger partial charge in [-0.1, -0.05) is 48.5 Å². The fourth-order valence-corrected chi connectivity index (χ4v) is 3.41. The van der Waals surface area contributed by atoms with Crippen molar-refractivity contribution in [1.29, 1.82) is 0 Å². The standard InChI is InChI=1S/C23H17N3.ClH/c1-2-6-21-16(4-1)9-11-19(25-21)13-14-20-12-10-18-8-7-17-5-3-15-24-22(17)23(18)26-20;/h1-12,15H,13-14H2;1H. The summed E-state index contributed by atoms with van der Waals surface area (Å²) in [6.45, 7) is 0. The summed E-state index contributed by atoms with van der Waals surface area (Å²) in [7, 11) is 0. The lowest BCUT2D eigenvalue weighted by molar-refractivity contribution is 0.893. The molecule has 0 saturated carbocycles. The molecule has 0 saturated heterocycles. The molecule has 5 rings (SSSR count). The minimum absolute atomic E-state index is 0. The number of benzene rings is 2. The van der Waals surface area contributed by atoms with E-state index in [1.54, 1.807) is 0 Å². The number of hydrogen-bond donors (Lipinski definition) is 0. The van der Waals surface area contributed by atoms with Crippen LogP contribution >= 0.6 is 12.4 Å². The van der Waals surface area contributed by atoms with E-state index < -0.39 is 0 Å². The first-order valence-corrected chi connectivity index (χ1v) is 8.85. The summed E-state index contributed by atoms with van der Waals surface area (Å²) >= 11 is 0. The summed E-state index contributed by atoms with van der Waals surface area (Å²) in [4.78, 5) is 14.2. The van der Waals surface area contributed by atoms with Gasteiger partial charge in [-0.3, -0.25) is 15.0 Å². The third kappa shape index (κ3) is 3.34. The summed E-state index contributed by atoms with van der Waals surface area (Å²) in [6.07, 6.45) is 3.57. The molecule has 0 amide bonds. The molecular formula is C23H18ClN3. The zero-order valence-electron chi connectivity index (χ0n) is 14.7. The van der Waals surface area contributed by atoms with E-state index in [1.807, 2.05) is 24.4 Å². The van der Waals surface area contributed by atoms with Crippen molar-refractivity contribution in [3.05, 3.63) is 90.4 Å². The van der Waals surface area contributed by atoms with Crippen LogP contribution in [0.15, 0.2) is 79.0 Å². The van der Waals surface area contributed by atoms with Crippen LogP contribution in [0.2, 0.25) is 0 Å². The van der Waals surface area contributed by atoms with Gasteiger partial charge in [0.25, 0.3) is 0 Å². The average molecular weight is 372 g/mol. The summed E-state index contributed by atoms with van der Waals surface area (Å²) in [5.74, 6) is 0. The Hall–Kier alpha value is -3.04. The van der Waals surface area contributed by atoms with Gasteiger partial charge in [-0.15, -0.1) is 12.4 Å². The van der Waals surface area contributed by atoms with Crippen LogP contribution in [0.4, 0.5) is 0 Å². The molecule has 132 valence electrons. The van der Waals surface area contributed by atoms with E-state index in [0.717, 1.165) is 51.6 Å². The first-order valence-electron chi connectivity index (χ1n) is 8.85. The fourth-order valence-electron chi connectivity index (χ4n) is 3.41. The summed E-state index contributed by atoms with van der Waals surface area (Å²) in [5, 5.41) is 3.43. The smallest absolute Gasteiger partial charge is 0.0967 e. The van der Waals surface area contributed by atoms with Gasteiger partial charge in [0.05, 0.1) is 16.6 Å². The van der Waals surface area contributed by atoms with Crippen molar-refractivity contribution in [2.45, 2.75) is 12.8 Å². The summed E-state index contributed by atoms with van der Waals surface area (Å²) in [5.41, 5.74) is 5.17. The van der Waals surface area contributed by atoms with Gasteiger partial charge in [0.1, 0.15) is 0 Å². The molecule has 3 nitrogen and oxygen atoms in total. The van der Waals surface area contributed by atoms with E-state index in [1.165, 1.54) is 5.39 Å². The Morgan fingerprint density at radius 1 is 0.556 bits per heavy atom. The quantitative estimate of drug-likeness (QED) is 0.391. The van der Waals surface area contributed by atoms with Gasteiger partial charge in [-0.05, 0) is 37.1 Å². The highest BCUT2D eigenvalue weighted by atomic mass is 35.5. The van der Waals surface area contributed by atoms with Gasteiger partial charge in [0, 0.05) is 33.7 Å². The highest BCUT2D eigenvalue weighted by Crippen LogP contribution is 2.22. The molecule has 0 aliphatic rings. The number of rotatable bonds is 3. The Bertz CT molecular complexity index is 1250. The maximum Gasteiger partial charge on any atom is 0.0967 e.